The number of fused-ring (bicyclic) bond motifs is 1. The molecule has 0 saturated carbocycles. The van der Waals surface area contributed by atoms with Crippen molar-refractivity contribution in [3.63, 3.8) is 0 Å². The molecule has 2 rings (SSSR count). The zero-order valence-electron chi connectivity index (χ0n) is 12.2. The fourth-order valence-electron chi connectivity index (χ4n) is 2.81. The third kappa shape index (κ3) is 3.73. The summed E-state index contributed by atoms with van der Waals surface area (Å²) in [5.74, 6) is 0.179. The van der Waals surface area contributed by atoms with Gasteiger partial charge >= 0.3 is 5.97 Å². The average Bonchev–Trinajstić information content (AvgIpc) is 2.36. The molecule has 0 saturated heterocycles. The molecular weight excluding hydrogens is 254 g/mol. The SMILES string of the molecule is CC(C)(CC(=O)O)CC(N)c1ccc2c(c1)CCCO2. The molecule has 0 spiro atoms. The first-order valence-electron chi connectivity index (χ1n) is 7.10. The van der Waals surface area contributed by atoms with Crippen LogP contribution in [0, 0.1) is 5.41 Å². The van der Waals surface area contributed by atoms with Crippen LogP contribution in [0.2, 0.25) is 0 Å². The summed E-state index contributed by atoms with van der Waals surface area (Å²) >= 11 is 0. The Morgan fingerprint density at radius 3 is 2.95 bits per heavy atom. The maximum atomic E-state index is 10.9. The summed E-state index contributed by atoms with van der Waals surface area (Å²) in [5, 5.41) is 8.93. The fraction of sp³-hybridized carbons (Fsp3) is 0.562. The van der Waals surface area contributed by atoms with Gasteiger partial charge in [0.05, 0.1) is 13.0 Å². The summed E-state index contributed by atoms with van der Waals surface area (Å²) in [4.78, 5) is 10.9. The Kier molecular flexibility index (Phi) is 4.33. The zero-order chi connectivity index (χ0) is 14.8. The average molecular weight is 277 g/mol. The molecule has 110 valence electrons. The van der Waals surface area contributed by atoms with E-state index in [0.717, 1.165) is 30.8 Å². The van der Waals surface area contributed by atoms with E-state index >= 15 is 0 Å². The van der Waals surface area contributed by atoms with E-state index in [1.165, 1.54) is 5.56 Å². The first-order valence-corrected chi connectivity index (χ1v) is 7.10. The van der Waals surface area contributed by atoms with Crippen molar-refractivity contribution < 1.29 is 14.6 Å². The molecule has 4 heteroatoms. The molecular formula is C16H23NO3. The monoisotopic (exact) mass is 277 g/mol. The molecule has 4 nitrogen and oxygen atoms in total. The highest BCUT2D eigenvalue weighted by Gasteiger charge is 2.25. The van der Waals surface area contributed by atoms with E-state index in [-0.39, 0.29) is 17.9 Å². The van der Waals surface area contributed by atoms with Gasteiger partial charge < -0.3 is 15.6 Å². The summed E-state index contributed by atoms with van der Waals surface area (Å²) in [6.07, 6.45) is 2.85. The highest BCUT2D eigenvalue weighted by atomic mass is 16.5. The number of carboxylic acids is 1. The third-order valence-electron chi connectivity index (χ3n) is 3.76. The van der Waals surface area contributed by atoms with Crippen LogP contribution >= 0.6 is 0 Å². The molecule has 3 N–H and O–H groups in total. The Morgan fingerprint density at radius 2 is 2.25 bits per heavy atom. The van der Waals surface area contributed by atoms with Gasteiger partial charge in [-0.05, 0) is 41.9 Å². The standard InChI is InChI=1S/C16H23NO3/c1-16(2,10-15(18)19)9-13(17)11-5-6-14-12(8-11)4-3-7-20-14/h5-6,8,13H,3-4,7,9-10,17H2,1-2H3,(H,18,19). The van der Waals surface area contributed by atoms with E-state index in [4.69, 9.17) is 15.6 Å². The van der Waals surface area contributed by atoms with E-state index in [0.29, 0.717) is 6.42 Å². The van der Waals surface area contributed by atoms with E-state index in [1.54, 1.807) is 0 Å². The quantitative estimate of drug-likeness (QED) is 0.868. The van der Waals surface area contributed by atoms with Gasteiger partial charge in [0.1, 0.15) is 5.75 Å². The van der Waals surface area contributed by atoms with Crippen molar-refractivity contribution in [3.05, 3.63) is 29.3 Å². The van der Waals surface area contributed by atoms with Crippen LogP contribution in [0.15, 0.2) is 18.2 Å². The molecule has 0 bridgehead atoms. The number of benzene rings is 1. The van der Waals surface area contributed by atoms with E-state index in [9.17, 15) is 4.79 Å². The van der Waals surface area contributed by atoms with Gasteiger partial charge in [0.15, 0.2) is 0 Å². The molecule has 20 heavy (non-hydrogen) atoms. The summed E-state index contributed by atoms with van der Waals surface area (Å²) in [6, 6.07) is 5.94. The Hall–Kier alpha value is -1.55. The second-order valence-electron chi connectivity index (χ2n) is 6.36. The van der Waals surface area contributed by atoms with Crippen LogP contribution in [-0.4, -0.2) is 17.7 Å². The summed E-state index contributed by atoms with van der Waals surface area (Å²) in [5.41, 5.74) is 8.22. The number of carbonyl (C=O) groups is 1. The largest absolute Gasteiger partial charge is 0.493 e. The smallest absolute Gasteiger partial charge is 0.303 e. The lowest BCUT2D eigenvalue weighted by molar-refractivity contribution is -0.139. The van der Waals surface area contributed by atoms with Crippen LogP contribution in [0.4, 0.5) is 0 Å². The van der Waals surface area contributed by atoms with Crippen LogP contribution in [0.3, 0.4) is 0 Å². The molecule has 1 atom stereocenters. The number of hydrogen-bond donors (Lipinski definition) is 2. The highest BCUT2D eigenvalue weighted by Crippen LogP contribution is 2.34. The molecule has 1 aliphatic rings. The Balaban J connectivity index is 2.09. The minimum Gasteiger partial charge on any atom is -0.493 e. The van der Waals surface area contributed by atoms with Gasteiger partial charge in [-0.1, -0.05) is 26.0 Å². The summed E-state index contributed by atoms with van der Waals surface area (Å²) in [7, 11) is 0. The molecule has 0 fully saturated rings. The lowest BCUT2D eigenvalue weighted by atomic mass is 9.81. The Morgan fingerprint density at radius 1 is 1.50 bits per heavy atom. The van der Waals surface area contributed by atoms with E-state index in [2.05, 4.69) is 6.07 Å². The number of hydrogen-bond acceptors (Lipinski definition) is 3. The number of carboxylic acid groups (broad SMARTS) is 1. The Labute approximate surface area is 119 Å². The van der Waals surface area contributed by atoms with Crippen molar-refractivity contribution in [1.82, 2.24) is 0 Å². The molecule has 0 amide bonds. The lowest BCUT2D eigenvalue weighted by Crippen LogP contribution is -2.24. The van der Waals surface area contributed by atoms with Crippen molar-refractivity contribution in [3.8, 4) is 5.75 Å². The molecule has 1 aliphatic heterocycles. The van der Waals surface area contributed by atoms with Crippen LogP contribution < -0.4 is 10.5 Å². The topological polar surface area (TPSA) is 72.5 Å². The van der Waals surface area contributed by atoms with E-state index < -0.39 is 5.97 Å². The van der Waals surface area contributed by atoms with Gasteiger partial charge in [0.25, 0.3) is 0 Å². The minimum atomic E-state index is -0.777. The van der Waals surface area contributed by atoms with Gasteiger partial charge in [-0.2, -0.15) is 0 Å². The molecule has 1 unspecified atom stereocenters. The van der Waals surface area contributed by atoms with Crippen LogP contribution in [-0.2, 0) is 11.2 Å². The predicted octanol–water partition coefficient (Wildman–Crippen LogP) is 2.90. The number of aryl methyl sites for hydroxylation is 1. The summed E-state index contributed by atoms with van der Waals surface area (Å²) < 4.78 is 5.59. The highest BCUT2D eigenvalue weighted by molar-refractivity contribution is 5.67. The number of ether oxygens (including phenoxy) is 1. The minimum absolute atomic E-state index is 0.134. The number of aliphatic carboxylic acids is 1. The maximum Gasteiger partial charge on any atom is 0.303 e. The van der Waals surface area contributed by atoms with Crippen molar-refractivity contribution in [2.75, 3.05) is 6.61 Å². The van der Waals surface area contributed by atoms with Crippen LogP contribution in [0.5, 0.6) is 5.75 Å². The van der Waals surface area contributed by atoms with E-state index in [1.807, 2.05) is 26.0 Å². The molecule has 1 heterocycles. The van der Waals surface area contributed by atoms with Gasteiger partial charge in [-0.3, -0.25) is 4.79 Å². The van der Waals surface area contributed by atoms with Crippen LogP contribution in [0.25, 0.3) is 0 Å². The normalized spacial score (nSPS) is 16.1. The lowest BCUT2D eigenvalue weighted by Gasteiger charge is -2.27. The first kappa shape index (κ1) is 14.9. The molecule has 1 aromatic rings. The van der Waals surface area contributed by atoms with Gasteiger partial charge in [0, 0.05) is 6.04 Å². The second kappa shape index (κ2) is 5.83. The van der Waals surface area contributed by atoms with Crippen molar-refractivity contribution in [2.24, 2.45) is 11.1 Å². The molecule has 1 aromatic carbocycles. The van der Waals surface area contributed by atoms with Gasteiger partial charge in [-0.15, -0.1) is 0 Å². The van der Waals surface area contributed by atoms with Crippen molar-refractivity contribution in [2.45, 2.75) is 45.6 Å². The predicted molar refractivity (Wildman–Crippen MR) is 77.8 cm³/mol. The van der Waals surface area contributed by atoms with Gasteiger partial charge in [-0.25, -0.2) is 0 Å². The maximum absolute atomic E-state index is 10.9. The number of nitrogens with two attached hydrogens (primary N) is 1. The van der Waals surface area contributed by atoms with Crippen molar-refractivity contribution in [1.29, 1.82) is 0 Å². The third-order valence-corrected chi connectivity index (χ3v) is 3.76. The first-order chi connectivity index (χ1) is 9.37. The zero-order valence-corrected chi connectivity index (χ0v) is 12.2. The molecule has 0 radical (unpaired) electrons. The fourth-order valence-corrected chi connectivity index (χ4v) is 2.81. The number of rotatable bonds is 5. The van der Waals surface area contributed by atoms with Gasteiger partial charge in [0.2, 0.25) is 0 Å². The second-order valence-corrected chi connectivity index (χ2v) is 6.36. The van der Waals surface area contributed by atoms with Crippen LogP contribution in [0.1, 0.15) is 50.3 Å². The summed E-state index contributed by atoms with van der Waals surface area (Å²) in [6.45, 7) is 4.68. The molecule has 0 aliphatic carbocycles. The molecule has 0 aromatic heterocycles. The van der Waals surface area contributed by atoms with Crippen molar-refractivity contribution >= 4 is 5.97 Å². The Bertz CT molecular complexity index is 496.